The van der Waals surface area contributed by atoms with Gasteiger partial charge in [0.05, 0.1) is 12.6 Å². The second kappa shape index (κ2) is 6.23. The Hall–Kier alpha value is -1.30. The van der Waals surface area contributed by atoms with Crippen LogP contribution in [0.4, 0.5) is 4.79 Å². The van der Waals surface area contributed by atoms with Crippen LogP contribution in [0.1, 0.15) is 34.1 Å². The molecule has 3 amide bonds. The first kappa shape index (κ1) is 15.8. The summed E-state index contributed by atoms with van der Waals surface area (Å²) in [6.45, 7) is 9.15. The molecule has 1 rings (SSSR count). The SMILES string of the molecule is CCN(CCO)C(=O)NC1CC(=O)N(C(C)(C)C)C1. The molecule has 0 bridgehead atoms. The van der Waals surface area contributed by atoms with Gasteiger partial charge in [-0.15, -0.1) is 0 Å². The van der Waals surface area contributed by atoms with E-state index in [2.05, 4.69) is 5.32 Å². The lowest BCUT2D eigenvalue weighted by Crippen LogP contribution is -2.48. The van der Waals surface area contributed by atoms with Crippen LogP contribution in [0.2, 0.25) is 0 Å². The highest BCUT2D eigenvalue weighted by molar-refractivity contribution is 5.82. The predicted octanol–water partition coefficient (Wildman–Crippen LogP) is 0.410. The van der Waals surface area contributed by atoms with Gasteiger partial charge in [-0.25, -0.2) is 4.79 Å². The molecule has 0 radical (unpaired) electrons. The number of carbonyl (C=O) groups is 2. The first-order chi connectivity index (χ1) is 8.79. The van der Waals surface area contributed by atoms with E-state index in [-0.39, 0.29) is 30.1 Å². The van der Waals surface area contributed by atoms with E-state index in [1.165, 1.54) is 4.90 Å². The van der Waals surface area contributed by atoms with E-state index in [1.807, 2.05) is 27.7 Å². The zero-order chi connectivity index (χ0) is 14.6. The number of rotatable bonds is 4. The second-order valence-electron chi connectivity index (χ2n) is 5.83. The number of nitrogens with one attached hydrogen (secondary N) is 1. The molecule has 0 saturated carbocycles. The molecule has 1 atom stereocenters. The van der Waals surface area contributed by atoms with Crippen LogP contribution >= 0.6 is 0 Å². The number of amides is 3. The van der Waals surface area contributed by atoms with Crippen molar-refractivity contribution >= 4 is 11.9 Å². The van der Waals surface area contributed by atoms with Gasteiger partial charge in [0.25, 0.3) is 0 Å². The number of nitrogens with zero attached hydrogens (tertiary/aromatic N) is 2. The Balaban J connectivity index is 2.56. The molecule has 0 aliphatic carbocycles. The van der Waals surface area contributed by atoms with Crippen molar-refractivity contribution < 1.29 is 14.7 Å². The molecule has 0 aromatic carbocycles. The van der Waals surface area contributed by atoms with Crippen LogP contribution in [0.5, 0.6) is 0 Å². The average molecular weight is 271 g/mol. The maximum absolute atomic E-state index is 12.0. The molecule has 0 aromatic rings. The summed E-state index contributed by atoms with van der Waals surface area (Å²) in [7, 11) is 0. The Morgan fingerprint density at radius 2 is 2.16 bits per heavy atom. The molecule has 1 heterocycles. The van der Waals surface area contributed by atoms with Gasteiger partial charge in [0, 0.05) is 31.6 Å². The lowest BCUT2D eigenvalue weighted by atomic mass is 10.1. The minimum Gasteiger partial charge on any atom is -0.395 e. The highest BCUT2D eigenvalue weighted by atomic mass is 16.3. The van der Waals surface area contributed by atoms with Crippen LogP contribution in [-0.2, 0) is 4.79 Å². The van der Waals surface area contributed by atoms with Crippen LogP contribution in [0.25, 0.3) is 0 Å². The van der Waals surface area contributed by atoms with E-state index in [0.29, 0.717) is 26.1 Å². The fourth-order valence-corrected chi connectivity index (χ4v) is 2.24. The van der Waals surface area contributed by atoms with E-state index in [9.17, 15) is 9.59 Å². The molecule has 1 fully saturated rings. The van der Waals surface area contributed by atoms with Crippen molar-refractivity contribution in [3.05, 3.63) is 0 Å². The summed E-state index contributed by atoms with van der Waals surface area (Å²) in [6, 6.07) is -0.364. The normalized spacial score (nSPS) is 19.7. The first-order valence-electron chi connectivity index (χ1n) is 6.76. The summed E-state index contributed by atoms with van der Waals surface area (Å²) in [4.78, 5) is 27.2. The van der Waals surface area contributed by atoms with Gasteiger partial charge in [-0.3, -0.25) is 4.79 Å². The summed E-state index contributed by atoms with van der Waals surface area (Å²) in [5.41, 5.74) is -0.216. The van der Waals surface area contributed by atoms with Crippen LogP contribution in [0.15, 0.2) is 0 Å². The highest BCUT2D eigenvalue weighted by Crippen LogP contribution is 2.21. The van der Waals surface area contributed by atoms with Gasteiger partial charge in [-0.05, 0) is 27.7 Å². The number of hydrogen-bond acceptors (Lipinski definition) is 3. The summed E-state index contributed by atoms with van der Waals surface area (Å²) in [6.07, 6.45) is 0.347. The Morgan fingerprint density at radius 3 is 2.58 bits per heavy atom. The average Bonchev–Trinajstić information content (AvgIpc) is 2.66. The molecule has 1 aliphatic heterocycles. The van der Waals surface area contributed by atoms with E-state index in [0.717, 1.165) is 0 Å². The van der Waals surface area contributed by atoms with Gasteiger partial charge in [-0.2, -0.15) is 0 Å². The van der Waals surface area contributed by atoms with Gasteiger partial charge in [-0.1, -0.05) is 0 Å². The minimum absolute atomic E-state index is 0.0566. The molecule has 1 aliphatic rings. The fourth-order valence-electron chi connectivity index (χ4n) is 2.24. The van der Waals surface area contributed by atoms with Crippen LogP contribution < -0.4 is 5.32 Å². The summed E-state index contributed by atoms with van der Waals surface area (Å²) >= 11 is 0. The maximum atomic E-state index is 12.0. The molecule has 0 spiro atoms. The van der Waals surface area contributed by atoms with Gasteiger partial charge in [0.1, 0.15) is 0 Å². The van der Waals surface area contributed by atoms with Crippen molar-refractivity contribution in [2.24, 2.45) is 0 Å². The van der Waals surface area contributed by atoms with Crippen molar-refractivity contribution in [3.63, 3.8) is 0 Å². The lowest BCUT2D eigenvalue weighted by Gasteiger charge is -2.32. The number of aliphatic hydroxyl groups is 1. The standard InChI is InChI=1S/C13H25N3O3/c1-5-15(6-7-17)12(19)14-10-8-11(18)16(9-10)13(2,3)4/h10,17H,5-9H2,1-4H3,(H,14,19). The number of aliphatic hydroxyl groups excluding tert-OH is 1. The number of hydrogen-bond donors (Lipinski definition) is 2. The van der Waals surface area contributed by atoms with Gasteiger partial charge >= 0.3 is 6.03 Å². The van der Waals surface area contributed by atoms with Crippen molar-refractivity contribution in [1.82, 2.24) is 15.1 Å². The van der Waals surface area contributed by atoms with Crippen molar-refractivity contribution in [3.8, 4) is 0 Å². The first-order valence-corrected chi connectivity index (χ1v) is 6.76. The molecular formula is C13H25N3O3. The molecule has 0 aromatic heterocycles. The third-order valence-electron chi connectivity index (χ3n) is 3.30. The zero-order valence-electron chi connectivity index (χ0n) is 12.3. The van der Waals surface area contributed by atoms with Gasteiger partial charge in [0.15, 0.2) is 0 Å². The van der Waals surface area contributed by atoms with E-state index < -0.39 is 0 Å². The van der Waals surface area contributed by atoms with Crippen molar-refractivity contribution in [1.29, 1.82) is 0 Å². The molecule has 6 nitrogen and oxygen atoms in total. The van der Waals surface area contributed by atoms with Crippen molar-refractivity contribution in [2.75, 3.05) is 26.2 Å². The molecule has 2 N–H and O–H groups in total. The second-order valence-corrected chi connectivity index (χ2v) is 5.83. The largest absolute Gasteiger partial charge is 0.395 e. The molecule has 110 valence electrons. The quantitative estimate of drug-likeness (QED) is 0.778. The van der Waals surface area contributed by atoms with Crippen LogP contribution in [-0.4, -0.2) is 64.7 Å². The van der Waals surface area contributed by atoms with Crippen LogP contribution in [0.3, 0.4) is 0 Å². The van der Waals surface area contributed by atoms with Gasteiger partial charge in [0.2, 0.25) is 5.91 Å². The Morgan fingerprint density at radius 1 is 1.53 bits per heavy atom. The van der Waals surface area contributed by atoms with Crippen LogP contribution in [0, 0.1) is 0 Å². The zero-order valence-corrected chi connectivity index (χ0v) is 12.3. The molecule has 19 heavy (non-hydrogen) atoms. The summed E-state index contributed by atoms with van der Waals surface area (Å²) in [5.74, 6) is 0.0722. The summed E-state index contributed by atoms with van der Waals surface area (Å²) < 4.78 is 0. The number of carbonyl (C=O) groups excluding carboxylic acids is 2. The third kappa shape index (κ3) is 4.09. The van der Waals surface area contributed by atoms with E-state index in [1.54, 1.807) is 4.90 Å². The Bertz CT molecular complexity index is 339. The molecule has 6 heteroatoms. The fraction of sp³-hybridized carbons (Fsp3) is 0.846. The Kier molecular flexibility index (Phi) is 5.17. The maximum Gasteiger partial charge on any atom is 0.317 e. The van der Waals surface area contributed by atoms with Gasteiger partial charge < -0.3 is 20.2 Å². The third-order valence-corrected chi connectivity index (χ3v) is 3.30. The van der Waals surface area contributed by atoms with E-state index >= 15 is 0 Å². The molecule has 1 unspecified atom stereocenters. The highest BCUT2D eigenvalue weighted by Gasteiger charge is 2.37. The minimum atomic E-state index is -0.217. The lowest BCUT2D eigenvalue weighted by molar-refractivity contribution is -0.131. The topological polar surface area (TPSA) is 72.9 Å². The number of likely N-dealkylation sites (tertiary alicyclic amines) is 1. The molecule has 1 saturated heterocycles. The Labute approximate surface area is 114 Å². The summed E-state index contributed by atoms with van der Waals surface area (Å²) in [5, 5.41) is 11.7. The van der Waals surface area contributed by atoms with Crippen molar-refractivity contribution in [2.45, 2.75) is 45.7 Å². The smallest absolute Gasteiger partial charge is 0.317 e. The number of urea groups is 1. The van der Waals surface area contributed by atoms with E-state index in [4.69, 9.17) is 5.11 Å². The number of likely N-dealkylation sites (N-methyl/N-ethyl adjacent to an activating group) is 1. The predicted molar refractivity (Wildman–Crippen MR) is 72.7 cm³/mol. The monoisotopic (exact) mass is 271 g/mol. The molecular weight excluding hydrogens is 246 g/mol.